The van der Waals surface area contributed by atoms with E-state index in [2.05, 4.69) is 21.2 Å². The Morgan fingerprint density at radius 1 is 0.976 bits per heavy atom. The summed E-state index contributed by atoms with van der Waals surface area (Å²) in [6.45, 7) is 4.92. The number of hydrogen-bond donors (Lipinski definition) is 1. The molecule has 1 fully saturated rings. The van der Waals surface area contributed by atoms with Gasteiger partial charge in [0.1, 0.15) is 12.6 Å². The van der Waals surface area contributed by atoms with Crippen molar-refractivity contribution >= 4 is 55.1 Å². The van der Waals surface area contributed by atoms with Crippen molar-refractivity contribution in [2.45, 2.75) is 76.4 Å². The maximum atomic E-state index is 14.2. The largest absolute Gasteiger partial charge is 0.352 e. The zero-order valence-electron chi connectivity index (χ0n) is 24.1. The van der Waals surface area contributed by atoms with Gasteiger partial charge >= 0.3 is 0 Å². The topological polar surface area (TPSA) is 86.8 Å². The van der Waals surface area contributed by atoms with Gasteiger partial charge < -0.3 is 10.2 Å². The number of halogens is 2. The molecule has 0 saturated heterocycles. The fourth-order valence-corrected chi connectivity index (χ4v) is 7.06. The Balaban J connectivity index is 1.70. The second-order valence-corrected chi connectivity index (χ2v) is 14.1. The lowest BCUT2D eigenvalue weighted by molar-refractivity contribution is -0.139. The van der Waals surface area contributed by atoms with Crippen LogP contribution in [0.4, 0.5) is 5.69 Å². The maximum Gasteiger partial charge on any atom is 0.264 e. The number of sulfonamides is 1. The number of nitrogens with one attached hydrogen (secondary N) is 1. The Morgan fingerprint density at radius 3 is 2.26 bits per heavy atom. The minimum atomic E-state index is -4.17. The lowest BCUT2D eigenvalue weighted by Crippen LogP contribution is -2.53. The zero-order chi connectivity index (χ0) is 30.4. The summed E-state index contributed by atoms with van der Waals surface area (Å²) in [5, 5.41) is 3.51. The highest BCUT2D eigenvalue weighted by atomic mass is 79.9. The molecular formula is C32H37BrClN3O4S. The van der Waals surface area contributed by atoms with Crippen LogP contribution in [0.5, 0.6) is 0 Å². The van der Waals surface area contributed by atoms with Gasteiger partial charge in [-0.1, -0.05) is 82.7 Å². The van der Waals surface area contributed by atoms with Crippen LogP contribution in [0.15, 0.2) is 76.1 Å². The van der Waals surface area contributed by atoms with Gasteiger partial charge in [-0.3, -0.25) is 13.9 Å². The van der Waals surface area contributed by atoms with Crippen LogP contribution in [0.3, 0.4) is 0 Å². The molecule has 1 saturated carbocycles. The highest BCUT2D eigenvalue weighted by Crippen LogP contribution is 2.31. The Labute approximate surface area is 262 Å². The fourth-order valence-electron chi connectivity index (χ4n) is 5.15. The Morgan fingerprint density at radius 2 is 1.62 bits per heavy atom. The first kappa shape index (κ1) is 32.0. The lowest BCUT2D eigenvalue weighted by Gasteiger charge is -2.33. The molecular weight excluding hydrogens is 638 g/mol. The molecule has 0 radical (unpaired) electrons. The highest BCUT2D eigenvalue weighted by Gasteiger charge is 2.34. The highest BCUT2D eigenvalue weighted by molar-refractivity contribution is 9.10. The lowest BCUT2D eigenvalue weighted by atomic mass is 9.95. The van der Waals surface area contributed by atoms with Crippen LogP contribution in [0.2, 0.25) is 5.02 Å². The van der Waals surface area contributed by atoms with Crippen LogP contribution in [0.1, 0.15) is 55.7 Å². The minimum absolute atomic E-state index is 0.0582. The van der Waals surface area contributed by atoms with Gasteiger partial charge in [-0.2, -0.15) is 0 Å². The number of carbonyl (C=O) groups is 2. The van der Waals surface area contributed by atoms with E-state index in [1.54, 1.807) is 44.2 Å². The van der Waals surface area contributed by atoms with E-state index in [-0.39, 0.29) is 23.4 Å². The Bertz CT molecular complexity index is 1510. The van der Waals surface area contributed by atoms with Crippen molar-refractivity contribution in [1.82, 2.24) is 10.2 Å². The first-order valence-corrected chi connectivity index (χ1v) is 16.8. The molecule has 1 atom stereocenters. The van der Waals surface area contributed by atoms with Gasteiger partial charge in [-0.15, -0.1) is 0 Å². The van der Waals surface area contributed by atoms with Crippen LogP contribution in [0.25, 0.3) is 0 Å². The summed E-state index contributed by atoms with van der Waals surface area (Å²) < 4.78 is 30.1. The van der Waals surface area contributed by atoms with Crippen molar-refractivity contribution < 1.29 is 18.0 Å². The van der Waals surface area contributed by atoms with Crippen molar-refractivity contribution in [2.24, 2.45) is 0 Å². The van der Waals surface area contributed by atoms with Gasteiger partial charge in [0.05, 0.1) is 10.6 Å². The monoisotopic (exact) mass is 673 g/mol. The van der Waals surface area contributed by atoms with Crippen LogP contribution < -0.4 is 9.62 Å². The van der Waals surface area contributed by atoms with Crippen molar-refractivity contribution in [3.63, 3.8) is 0 Å². The molecule has 7 nitrogen and oxygen atoms in total. The number of nitrogens with zero attached hydrogens (tertiary/aromatic N) is 2. The molecule has 1 N–H and O–H groups in total. The van der Waals surface area contributed by atoms with Crippen LogP contribution in [-0.2, 0) is 26.2 Å². The molecule has 2 amide bonds. The first-order chi connectivity index (χ1) is 20.0. The maximum absolute atomic E-state index is 14.2. The van der Waals surface area contributed by atoms with E-state index in [1.165, 1.54) is 17.0 Å². The summed E-state index contributed by atoms with van der Waals surface area (Å²) in [7, 11) is -4.17. The number of anilines is 1. The van der Waals surface area contributed by atoms with E-state index in [9.17, 15) is 18.0 Å². The van der Waals surface area contributed by atoms with Gasteiger partial charge in [0.25, 0.3) is 10.0 Å². The van der Waals surface area contributed by atoms with E-state index in [1.807, 2.05) is 31.2 Å². The molecule has 0 spiro atoms. The molecule has 0 bridgehead atoms. The molecule has 1 aliphatic carbocycles. The number of benzene rings is 3. The average molecular weight is 675 g/mol. The Kier molecular flexibility index (Phi) is 10.7. The minimum Gasteiger partial charge on any atom is -0.352 e. The number of carbonyl (C=O) groups excluding carboxylic acids is 2. The van der Waals surface area contributed by atoms with E-state index in [0.29, 0.717) is 16.3 Å². The predicted molar refractivity (Wildman–Crippen MR) is 171 cm³/mol. The second-order valence-electron chi connectivity index (χ2n) is 10.9. The number of amides is 2. The summed E-state index contributed by atoms with van der Waals surface area (Å²) in [5.74, 6) is -0.751. The van der Waals surface area contributed by atoms with Crippen LogP contribution in [0, 0.1) is 13.8 Å². The third-order valence-electron chi connectivity index (χ3n) is 7.78. The van der Waals surface area contributed by atoms with Crippen molar-refractivity contribution in [1.29, 1.82) is 0 Å². The summed E-state index contributed by atoms with van der Waals surface area (Å²) in [6, 6.07) is 18.2. The quantitative estimate of drug-likeness (QED) is 0.257. The van der Waals surface area contributed by atoms with E-state index in [4.69, 9.17) is 11.6 Å². The van der Waals surface area contributed by atoms with E-state index >= 15 is 0 Å². The number of rotatable bonds is 10. The van der Waals surface area contributed by atoms with Crippen molar-refractivity contribution in [3.05, 3.63) is 92.9 Å². The fraction of sp³-hybridized carbons (Fsp3) is 0.375. The number of aryl methyl sites for hydroxylation is 1. The molecule has 4 rings (SSSR count). The SMILES string of the molecule is Cc1ccc(S(=O)(=O)N(CC(=O)N(Cc2ccc(Br)cc2)C(C)C(=O)NC2CCCCC2)c2cccc(Cl)c2C)cc1. The normalized spacial score (nSPS) is 14.7. The molecule has 1 aliphatic rings. The molecule has 3 aromatic carbocycles. The van der Waals surface area contributed by atoms with E-state index < -0.39 is 28.5 Å². The number of hydrogen-bond acceptors (Lipinski definition) is 4. The predicted octanol–water partition coefficient (Wildman–Crippen LogP) is 6.78. The van der Waals surface area contributed by atoms with E-state index in [0.717, 1.165) is 52.0 Å². The molecule has 0 aliphatic heterocycles. The standard InChI is InChI=1S/C32H37BrClN3O4S/c1-22-12-18-28(19-13-22)42(40,41)37(30-11-7-10-29(34)23(30)2)21-31(38)36(20-25-14-16-26(33)17-15-25)24(3)32(39)35-27-8-5-4-6-9-27/h7,10-19,24,27H,4-6,8-9,20-21H2,1-3H3,(H,35,39). The summed E-state index contributed by atoms with van der Waals surface area (Å²) in [5.41, 5.74) is 2.56. The molecule has 224 valence electrons. The first-order valence-electron chi connectivity index (χ1n) is 14.2. The van der Waals surface area contributed by atoms with Crippen molar-refractivity contribution in [2.75, 3.05) is 10.8 Å². The average Bonchev–Trinajstić information content (AvgIpc) is 2.97. The molecule has 10 heteroatoms. The molecule has 0 heterocycles. The van der Waals surface area contributed by atoms with Crippen LogP contribution >= 0.6 is 27.5 Å². The third-order valence-corrected chi connectivity index (χ3v) is 10.5. The second kappa shape index (κ2) is 14.1. The van der Waals surface area contributed by atoms with Gasteiger partial charge in [0, 0.05) is 22.1 Å². The summed E-state index contributed by atoms with van der Waals surface area (Å²) in [4.78, 5) is 29.1. The molecule has 42 heavy (non-hydrogen) atoms. The van der Waals surface area contributed by atoms with Gasteiger partial charge in [0.2, 0.25) is 11.8 Å². The zero-order valence-corrected chi connectivity index (χ0v) is 27.3. The van der Waals surface area contributed by atoms with Gasteiger partial charge in [-0.25, -0.2) is 8.42 Å². The molecule has 1 unspecified atom stereocenters. The van der Waals surface area contributed by atoms with Gasteiger partial charge in [-0.05, 0) is 81.1 Å². The molecule has 0 aromatic heterocycles. The summed E-state index contributed by atoms with van der Waals surface area (Å²) in [6.07, 6.45) is 5.10. The van der Waals surface area contributed by atoms with Gasteiger partial charge in [0.15, 0.2) is 0 Å². The molecule has 3 aromatic rings. The van der Waals surface area contributed by atoms with Crippen molar-refractivity contribution in [3.8, 4) is 0 Å². The third kappa shape index (κ3) is 7.74. The van der Waals surface area contributed by atoms with Crippen LogP contribution in [-0.4, -0.2) is 43.8 Å². The smallest absolute Gasteiger partial charge is 0.264 e. The Hall–Kier alpha value is -2.88. The summed E-state index contributed by atoms with van der Waals surface area (Å²) >= 11 is 9.84.